The standard InChI is InChI=1S/C18H22N4O3S2/c1-11-12(13-9-20-22-6-3-2-4-16(13)22)8-17(26-11)18(23)21-15-10-27(24,25)7-5-14(15)19/h2-4,6,8-9,14-15,24-25H,5,7,10,19H2,1H3,(H,21,23)/t14-,15-/m0/s1. The van der Waals surface area contributed by atoms with Crippen LogP contribution in [0.5, 0.6) is 0 Å². The van der Waals surface area contributed by atoms with Crippen molar-refractivity contribution in [2.45, 2.75) is 25.4 Å². The Kier molecular flexibility index (Phi) is 4.73. The molecule has 4 rings (SSSR count). The Balaban J connectivity index is 1.58. The second kappa shape index (κ2) is 6.92. The minimum atomic E-state index is -2.66. The van der Waals surface area contributed by atoms with E-state index in [0.29, 0.717) is 17.1 Å². The minimum Gasteiger partial charge on any atom is -0.345 e. The molecule has 3 aromatic rings. The van der Waals surface area contributed by atoms with E-state index in [2.05, 4.69) is 10.4 Å². The summed E-state index contributed by atoms with van der Waals surface area (Å²) in [4.78, 5) is 14.3. The molecule has 1 saturated heterocycles. The molecule has 1 fully saturated rings. The van der Waals surface area contributed by atoms with Gasteiger partial charge in [0.1, 0.15) is 0 Å². The van der Waals surface area contributed by atoms with Crippen LogP contribution in [0.15, 0.2) is 36.7 Å². The third kappa shape index (κ3) is 3.61. The highest BCUT2D eigenvalue weighted by atomic mass is 32.3. The van der Waals surface area contributed by atoms with Crippen LogP contribution in [0.4, 0.5) is 0 Å². The number of nitrogens with zero attached hydrogens (tertiary/aromatic N) is 2. The summed E-state index contributed by atoms with van der Waals surface area (Å²) in [6.45, 7) is 1.98. The van der Waals surface area contributed by atoms with Crippen LogP contribution in [0, 0.1) is 6.92 Å². The molecule has 7 nitrogen and oxygen atoms in total. The summed E-state index contributed by atoms with van der Waals surface area (Å²) in [6.07, 6.45) is 4.18. The minimum absolute atomic E-state index is 0.116. The number of aryl methyl sites for hydroxylation is 1. The van der Waals surface area contributed by atoms with Crippen molar-refractivity contribution in [3.63, 3.8) is 0 Å². The molecule has 0 aliphatic carbocycles. The second-order valence-electron chi connectivity index (χ2n) is 6.87. The number of amides is 1. The van der Waals surface area contributed by atoms with Crippen molar-refractivity contribution < 1.29 is 13.9 Å². The number of rotatable bonds is 3. The molecule has 0 bridgehead atoms. The maximum atomic E-state index is 12.7. The van der Waals surface area contributed by atoms with Crippen molar-refractivity contribution >= 4 is 33.4 Å². The van der Waals surface area contributed by atoms with Crippen LogP contribution in [0.3, 0.4) is 0 Å². The maximum Gasteiger partial charge on any atom is 0.261 e. The van der Waals surface area contributed by atoms with E-state index >= 15 is 0 Å². The summed E-state index contributed by atoms with van der Waals surface area (Å²) >= 11 is 1.41. The molecule has 3 aromatic heterocycles. The number of hydrogen-bond acceptors (Lipinski definition) is 6. The highest BCUT2D eigenvalue weighted by Gasteiger charge is 2.32. The summed E-state index contributed by atoms with van der Waals surface area (Å²) in [5.41, 5.74) is 9.00. The lowest BCUT2D eigenvalue weighted by molar-refractivity contribution is 0.0938. The fraction of sp³-hybridized carbons (Fsp3) is 0.333. The Morgan fingerprint density at radius 1 is 1.41 bits per heavy atom. The summed E-state index contributed by atoms with van der Waals surface area (Å²) < 4.78 is 21.7. The van der Waals surface area contributed by atoms with Crippen molar-refractivity contribution in [3.8, 4) is 11.1 Å². The predicted octanol–water partition coefficient (Wildman–Crippen LogP) is 2.95. The number of hydrogen-bond donors (Lipinski definition) is 4. The highest BCUT2D eigenvalue weighted by Crippen LogP contribution is 2.43. The van der Waals surface area contributed by atoms with Gasteiger partial charge in [-0.1, -0.05) is 6.07 Å². The zero-order chi connectivity index (χ0) is 19.2. The van der Waals surface area contributed by atoms with Crippen LogP contribution in [0.2, 0.25) is 0 Å². The molecule has 0 unspecified atom stereocenters. The van der Waals surface area contributed by atoms with E-state index in [1.807, 2.05) is 37.4 Å². The first-order chi connectivity index (χ1) is 12.8. The number of thiophene rings is 1. The smallest absolute Gasteiger partial charge is 0.261 e. The molecule has 2 atom stereocenters. The molecular formula is C18H22N4O3S2. The van der Waals surface area contributed by atoms with Gasteiger partial charge in [-0.3, -0.25) is 13.9 Å². The SMILES string of the molecule is Cc1sc(C(=O)N[C@H]2CS(O)(O)CC[C@@H]2N)cc1-c1cnn2ccccc12. The monoisotopic (exact) mass is 406 g/mol. The van der Waals surface area contributed by atoms with Crippen LogP contribution in [0.25, 0.3) is 16.6 Å². The summed E-state index contributed by atoms with van der Waals surface area (Å²) in [5, 5.41) is 7.25. The van der Waals surface area contributed by atoms with Gasteiger partial charge in [-0.15, -0.1) is 11.3 Å². The number of carbonyl (C=O) groups excluding carboxylic acids is 1. The zero-order valence-electron chi connectivity index (χ0n) is 14.8. The number of nitrogens with one attached hydrogen (secondary N) is 1. The van der Waals surface area contributed by atoms with E-state index in [9.17, 15) is 13.9 Å². The average molecular weight is 407 g/mol. The van der Waals surface area contributed by atoms with Gasteiger partial charge in [-0.25, -0.2) is 4.52 Å². The first kappa shape index (κ1) is 18.5. The first-order valence-electron chi connectivity index (χ1n) is 8.67. The quantitative estimate of drug-likeness (QED) is 0.534. The largest absolute Gasteiger partial charge is 0.345 e. The number of fused-ring (bicyclic) bond motifs is 1. The lowest BCUT2D eigenvalue weighted by Crippen LogP contribution is -2.53. The third-order valence-electron chi connectivity index (χ3n) is 4.92. The molecule has 144 valence electrons. The molecule has 1 amide bonds. The summed E-state index contributed by atoms with van der Waals surface area (Å²) in [5.74, 6) is 0.186. The van der Waals surface area contributed by atoms with E-state index in [4.69, 9.17) is 5.73 Å². The molecular weight excluding hydrogens is 384 g/mol. The number of aromatic nitrogens is 2. The summed E-state index contributed by atoms with van der Waals surface area (Å²) in [7, 11) is -2.66. The Labute approximate surface area is 162 Å². The van der Waals surface area contributed by atoms with E-state index in [1.54, 1.807) is 10.7 Å². The van der Waals surface area contributed by atoms with E-state index < -0.39 is 16.6 Å². The van der Waals surface area contributed by atoms with Crippen LogP contribution in [0.1, 0.15) is 21.0 Å². The van der Waals surface area contributed by atoms with Gasteiger partial charge in [0.2, 0.25) is 0 Å². The van der Waals surface area contributed by atoms with Crippen molar-refractivity contribution in [1.29, 1.82) is 0 Å². The molecule has 0 saturated carbocycles. The topological polar surface area (TPSA) is 113 Å². The lowest BCUT2D eigenvalue weighted by atomic mass is 10.1. The molecule has 0 spiro atoms. The van der Waals surface area contributed by atoms with Crippen LogP contribution in [-0.2, 0) is 0 Å². The van der Waals surface area contributed by atoms with E-state index in [1.165, 1.54) is 11.3 Å². The average Bonchev–Trinajstić information content (AvgIpc) is 3.21. The molecule has 1 aliphatic rings. The van der Waals surface area contributed by atoms with Crippen molar-refractivity contribution in [1.82, 2.24) is 14.9 Å². The van der Waals surface area contributed by atoms with Gasteiger partial charge in [0, 0.05) is 28.4 Å². The molecule has 9 heteroatoms. The molecule has 4 heterocycles. The Morgan fingerprint density at radius 3 is 3.04 bits per heavy atom. The highest BCUT2D eigenvalue weighted by molar-refractivity contribution is 8.24. The van der Waals surface area contributed by atoms with Crippen molar-refractivity contribution in [2.75, 3.05) is 11.5 Å². The predicted molar refractivity (Wildman–Crippen MR) is 110 cm³/mol. The molecule has 0 aromatic carbocycles. The third-order valence-corrected chi connectivity index (χ3v) is 7.75. The van der Waals surface area contributed by atoms with E-state index in [-0.39, 0.29) is 17.7 Å². The molecule has 5 N–H and O–H groups in total. The van der Waals surface area contributed by atoms with Crippen molar-refractivity contribution in [3.05, 3.63) is 46.4 Å². The van der Waals surface area contributed by atoms with Gasteiger partial charge in [0.15, 0.2) is 0 Å². The molecule has 1 aliphatic heterocycles. The van der Waals surface area contributed by atoms with Gasteiger partial charge < -0.3 is 11.1 Å². The zero-order valence-corrected chi connectivity index (χ0v) is 16.5. The summed E-state index contributed by atoms with van der Waals surface area (Å²) in [6, 6.07) is 7.03. The van der Waals surface area contributed by atoms with E-state index in [0.717, 1.165) is 21.5 Å². The first-order valence-corrected chi connectivity index (χ1v) is 11.4. The fourth-order valence-electron chi connectivity index (χ4n) is 3.41. The normalized spacial score (nSPS) is 23.3. The van der Waals surface area contributed by atoms with Gasteiger partial charge in [0.25, 0.3) is 5.91 Å². The number of carbonyl (C=O) groups is 1. The molecule has 0 radical (unpaired) electrons. The van der Waals surface area contributed by atoms with Crippen LogP contribution in [-0.4, -0.2) is 48.2 Å². The van der Waals surface area contributed by atoms with Gasteiger partial charge >= 0.3 is 0 Å². The Morgan fingerprint density at radius 2 is 2.22 bits per heavy atom. The number of pyridine rings is 1. The van der Waals surface area contributed by atoms with Crippen molar-refractivity contribution in [2.24, 2.45) is 5.73 Å². The van der Waals surface area contributed by atoms with Gasteiger partial charge in [-0.05, 0) is 37.1 Å². The number of nitrogens with two attached hydrogens (primary N) is 1. The maximum absolute atomic E-state index is 12.7. The van der Waals surface area contributed by atoms with Crippen LogP contribution >= 0.6 is 21.9 Å². The van der Waals surface area contributed by atoms with Crippen LogP contribution < -0.4 is 11.1 Å². The molecule has 27 heavy (non-hydrogen) atoms. The van der Waals surface area contributed by atoms with Gasteiger partial charge in [0.05, 0.1) is 28.4 Å². The second-order valence-corrected chi connectivity index (χ2v) is 10.5. The Bertz CT molecular complexity index is 998. The Hall–Kier alpha value is -1.91. The van der Waals surface area contributed by atoms with Gasteiger partial charge in [-0.2, -0.15) is 15.7 Å². The fourth-order valence-corrected chi connectivity index (χ4v) is 6.07. The lowest BCUT2D eigenvalue weighted by Gasteiger charge is -2.43.